The van der Waals surface area contributed by atoms with Crippen LogP contribution < -0.4 is 4.74 Å². The molecule has 0 aliphatic rings. The maximum Gasteiger partial charge on any atom is 0.264 e. The smallest absolute Gasteiger partial charge is 0.264 e. The first kappa shape index (κ1) is 12.6. The molecule has 18 heavy (non-hydrogen) atoms. The summed E-state index contributed by atoms with van der Waals surface area (Å²) in [5.41, 5.74) is 0.0348. The minimum atomic E-state index is -2.63. The molecule has 0 spiro atoms. The lowest BCUT2D eigenvalue weighted by molar-refractivity contribution is 0.138. The zero-order valence-electron chi connectivity index (χ0n) is 9.05. The van der Waals surface area contributed by atoms with Crippen LogP contribution in [0.5, 0.6) is 5.88 Å². The van der Waals surface area contributed by atoms with E-state index in [2.05, 4.69) is 5.10 Å². The molecule has 2 aromatic rings. The molecule has 0 bridgehead atoms. The minimum Gasteiger partial charge on any atom is -0.472 e. The number of hydrogen-bond donors (Lipinski definition) is 1. The van der Waals surface area contributed by atoms with E-state index in [1.807, 2.05) is 0 Å². The van der Waals surface area contributed by atoms with Crippen molar-refractivity contribution in [3.8, 4) is 5.88 Å². The first-order valence-electron chi connectivity index (χ1n) is 5.01. The molecule has 0 saturated heterocycles. The Labute approximate surface area is 106 Å². The van der Waals surface area contributed by atoms with Gasteiger partial charge in [0.2, 0.25) is 5.88 Å². The average molecular weight is 275 g/mol. The second kappa shape index (κ2) is 5.22. The van der Waals surface area contributed by atoms with Gasteiger partial charge in [-0.1, -0.05) is 28.8 Å². The average Bonchev–Trinajstić information content (AvgIpc) is 2.73. The van der Waals surface area contributed by atoms with E-state index < -0.39 is 6.43 Å². The van der Waals surface area contributed by atoms with Crippen molar-refractivity contribution < 1.29 is 18.7 Å². The summed E-state index contributed by atoms with van der Waals surface area (Å²) in [7, 11) is 0. The number of alkyl halides is 2. The van der Waals surface area contributed by atoms with Crippen molar-refractivity contribution >= 4 is 11.6 Å². The summed E-state index contributed by atoms with van der Waals surface area (Å²) in [4.78, 5) is 0.565. The van der Waals surface area contributed by atoms with E-state index in [4.69, 9.17) is 21.5 Å². The lowest BCUT2D eigenvalue weighted by Crippen LogP contribution is -2.02. The normalized spacial score (nSPS) is 10.9. The first-order chi connectivity index (χ1) is 8.58. The van der Waals surface area contributed by atoms with Gasteiger partial charge in [0.15, 0.2) is 0 Å². The van der Waals surface area contributed by atoms with Crippen LogP contribution in [0.25, 0.3) is 0 Å². The van der Waals surface area contributed by atoms with Gasteiger partial charge in [0, 0.05) is 22.2 Å². The molecule has 7 heteroatoms. The minimum absolute atomic E-state index is 0.123. The quantitative estimate of drug-likeness (QED) is 0.870. The Morgan fingerprint density at radius 1 is 1.39 bits per heavy atom. The van der Waals surface area contributed by atoms with Gasteiger partial charge < -0.3 is 9.94 Å². The van der Waals surface area contributed by atoms with Gasteiger partial charge in [-0.05, 0) is 6.07 Å². The fourth-order valence-electron chi connectivity index (χ4n) is 1.45. The van der Waals surface area contributed by atoms with Crippen LogP contribution in [0.1, 0.15) is 17.6 Å². The SMILES string of the molecule is On1ccc(OCc2c(Cl)cccc2C(F)F)n1. The molecule has 0 aliphatic heterocycles. The Balaban J connectivity index is 2.18. The molecule has 0 unspecified atom stereocenters. The second-order valence-corrected chi connectivity index (χ2v) is 3.88. The van der Waals surface area contributed by atoms with Crippen LogP contribution in [0.3, 0.4) is 0 Å². The molecule has 0 fully saturated rings. The van der Waals surface area contributed by atoms with Gasteiger partial charge in [-0.3, -0.25) is 0 Å². The molecular formula is C11H9ClF2N2O2. The van der Waals surface area contributed by atoms with Crippen LogP contribution in [-0.2, 0) is 6.61 Å². The lowest BCUT2D eigenvalue weighted by atomic mass is 10.1. The molecule has 96 valence electrons. The highest BCUT2D eigenvalue weighted by Gasteiger charge is 2.16. The first-order valence-corrected chi connectivity index (χ1v) is 5.39. The van der Waals surface area contributed by atoms with Crippen molar-refractivity contribution in [3.05, 3.63) is 46.6 Å². The zero-order valence-corrected chi connectivity index (χ0v) is 9.81. The lowest BCUT2D eigenvalue weighted by Gasteiger charge is -2.10. The van der Waals surface area contributed by atoms with E-state index in [0.29, 0.717) is 4.85 Å². The molecule has 0 radical (unpaired) electrons. The van der Waals surface area contributed by atoms with Gasteiger partial charge in [0.25, 0.3) is 6.43 Å². The van der Waals surface area contributed by atoms with Crippen LogP contribution in [0.2, 0.25) is 5.02 Å². The third-order valence-electron chi connectivity index (χ3n) is 2.31. The van der Waals surface area contributed by atoms with E-state index >= 15 is 0 Å². The highest BCUT2D eigenvalue weighted by molar-refractivity contribution is 6.31. The fraction of sp³-hybridized carbons (Fsp3) is 0.182. The zero-order chi connectivity index (χ0) is 13.1. The predicted molar refractivity (Wildman–Crippen MR) is 60.2 cm³/mol. The summed E-state index contributed by atoms with van der Waals surface area (Å²) in [5.74, 6) is 0.123. The molecule has 0 aliphatic carbocycles. The Morgan fingerprint density at radius 2 is 2.17 bits per heavy atom. The Hall–Kier alpha value is -1.82. The fourth-order valence-corrected chi connectivity index (χ4v) is 1.69. The monoisotopic (exact) mass is 274 g/mol. The number of hydrogen-bond acceptors (Lipinski definition) is 3. The van der Waals surface area contributed by atoms with Crippen molar-refractivity contribution in [2.75, 3.05) is 0 Å². The molecule has 1 N–H and O–H groups in total. The van der Waals surface area contributed by atoms with Gasteiger partial charge in [0.1, 0.15) is 6.61 Å². The summed E-state index contributed by atoms with van der Waals surface area (Å²) in [5, 5.41) is 12.7. The van der Waals surface area contributed by atoms with Gasteiger partial charge in [0.05, 0.1) is 6.20 Å². The van der Waals surface area contributed by atoms with Crippen molar-refractivity contribution in [1.82, 2.24) is 9.94 Å². The molecule has 2 rings (SSSR count). The Bertz CT molecular complexity index is 546. The Kier molecular flexibility index (Phi) is 3.66. The van der Waals surface area contributed by atoms with E-state index in [1.165, 1.54) is 30.5 Å². The molecule has 4 nitrogen and oxygen atoms in total. The van der Waals surface area contributed by atoms with Gasteiger partial charge >= 0.3 is 0 Å². The number of aromatic nitrogens is 2. The van der Waals surface area contributed by atoms with Crippen molar-refractivity contribution in [3.63, 3.8) is 0 Å². The highest BCUT2D eigenvalue weighted by atomic mass is 35.5. The summed E-state index contributed by atoms with van der Waals surface area (Å²) < 4.78 is 30.7. The van der Waals surface area contributed by atoms with E-state index in [-0.39, 0.29) is 28.6 Å². The van der Waals surface area contributed by atoms with Crippen molar-refractivity contribution in [2.45, 2.75) is 13.0 Å². The topological polar surface area (TPSA) is 47.3 Å². The number of rotatable bonds is 4. The largest absolute Gasteiger partial charge is 0.472 e. The van der Waals surface area contributed by atoms with E-state index in [9.17, 15) is 8.78 Å². The third-order valence-corrected chi connectivity index (χ3v) is 2.66. The molecular weight excluding hydrogens is 266 g/mol. The number of nitrogens with zero attached hydrogens (tertiary/aromatic N) is 2. The second-order valence-electron chi connectivity index (χ2n) is 3.47. The number of halogens is 3. The van der Waals surface area contributed by atoms with Gasteiger partial charge in [-0.25, -0.2) is 8.78 Å². The van der Waals surface area contributed by atoms with Crippen LogP contribution in [0.15, 0.2) is 30.5 Å². The molecule has 0 saturated carbocycles. The van der Waals surface area contributed by atoms with Crippen molar-refractivity contribution in [2.24, 2.45) is 0 Å². The van der Waals surface area contributed by atoms with E-state index in [1.54, 1.807) is 0 Å². The van der Waals surface area contributed by atoms with Gasteiger partial charge in [-0.15, -0.1) is 4.85 Å². The van der Waals surface area contributed by atoms with Crippen LogP contribution in [-0.4, -0.2) is 15.2 Å². The summed E-state index contributed by atoms with van der Waals surface area (Å²) in [6.45, 7) is -0.142. The summed E-state index contributed by atoms with van der Waals surface area (Å²) >= 11 is 5.86. The standard InChI is InChI=1S/C11H9ClF2N2O2/c12-9-3-1-2-7(11(13)14)8(9)6-18-10-4-5-16(17)15-10/h1-5,11,17H,6H2. The van der Waals surface area contributed by atoms with Crippen LogP contribution >= 0.6 is 11.6 Å². The number of benzene rings is 1. The molecule has 1 heterocycles. The summed E-state index contributed by atoms with van der Waals surface area (Å²) in [6, 6.07) is 5.66. The predicted octanol–water partition coefficient (Wildman–Crippen LogP) is 3.29. The number of ether oxygens (including phenoxy) is 1. The summed E-state index contributed by atoms with van der Waals surface area (Å²) in [6.07, 6.45) is -1.37. The van der Waals surface area contributed by atoms with Gasteiger partial charge in [-0.2, -0.15) is 0 Å². The maximum atomic E-state index is 12.8. The molecule has 0 atom stereocenters. The molecule has 0 amide bonds. The van der Waals surface area contributed by atoms with Crippen LogP contribution in [0.4, 0.5) is 8.78 Å². The van der Waals surface area contributed by atoms with Crippen LogP contribution in [0, 0.1) is 0 Å². The molecule has 1 aromatic heterocycles. The highest BCUT2D eigenvalue weighted by Crippen LogP contribution is 2.29. The Morgan fingerprint density at radius 3 is 2.78 bits per heavy atom. The van der Waals surface area contributed by atoms with Crippen molar-refractivity contribution in [1.29, 1.82) is 0 Å². The maximum absolute atomic E-state index is 12.8. The van der Waals surface area contributed by atoms with E-state index in [0.717, 1.165) is 0 Å². The third kappa shape index (κ3) is 2.70. The molecule has 1 aromatic carbocycles.